The van der Waals surface area contributed by atoms with E-state index in [-0.39, 0.29) is 17.2 Å². The minimum atomic E-state index is -4.45. The molecule has 0 bridgehead atoms. The predicted molar refractivity (Wildman–Crippen MR) is 66.0 cm³/mol. The Hall–Kier alpha value is -0.890. The van der Waals surface area contributed by atoms with E-state index in [0.717, 1.165) is 32.1 Å². The van der Waals surface area contributed by atoms with Gasteiger partial charge in [0.25, 0.3) is 0 Å². The molecular formula is C11H16F3N3OS. The molecule has 2 N–H and O–H groups in total. The van der Waals surface area contributed by atoms with Crippen LogP contribution in [0.2, 0.25) is 0 Å². The minimum absolute atomic E-state index is 0.0466. The van der Waals surface area contributed by atoms with Crippen molar-refractivity contribution >= 4 is 16.5 Å². The number of rotatable bonds is 4. The molecule has 1 heterocycles. The van der Waals surface area contributed by atoms with Crippen LogP contribution in [-0.4, -0.2) is 28.5 Å². The lowest BCUT2D eigenvalue weighted by Crippen LogP contribution is -2.35. The number of hydrogen-bond donors (Lipinski definition) is 2. The summed E-state index contributed by atoms with van der Waals surface area (Å²) in [5.41, 5.74) is -0.234. The smallest absolute Gasteiger partial charge is 0.396 e. The Labute approximate surface area is 113 Å². The van der Waals surface area contributed by atoms with Gasteiger partial charge >= 0.3 is 6.18 Å². The van der Waals surface area contributed by atoms with Gasteiger partial charge in [-0.1, -0.05) is 30.6 Å². The van der Waals surface area contributed by atoms with Gasteiger partial charge in [0.05, 0.1) is 6.61 Å². The second-order valence-corrected chi connectivity index (χ2v) is 5.96. The number of nitrogens with zero attached hydrogens (tertiary/aromatic N) is 2. The average Bonchev–Trinajstić information content (AvgIpc) is 2.86. The van der Waals surface area contributed by atoms with E-state index in [1.807, 2.05) is 0 Å². The second-order valence-electron chi connectivity index (χ2n) is 4.98. The number of hydrogen-bond acceptors (Lipinski definition) is 5. The topological polar surface area (TPSA) is 58.0 Å². The van der Waals surface area contributed by atoms with Gasteiger partial charge < -0.3 is 10.4 Å². The third-order valence-electron chi connectivity index (χ3n) is 3.53. The first-order chi connectivity index (χ1) is 8.95. The SMILES string of the molecule is OCC1(CNc2nnc(C(F)(F)F)s2)CCCCC1. The van der Waals surface area contributed by atoms with Crippen LogP contribution in [0.1, 0.15) is 37.1 Å². The van der Waals surface area contributed by atoms with Crippen LogP contribution in [0, 0.1) is 5.41 Å². The lowest BCUT2D eigenvalue weighted by molar-refractivity contribution is -0.138. The third-order valence-corrected chi connectivity index (χ3v) is 4.46. The van der Waals surface area contributed by atoms with Crippen LogP contribution in [0.5, 0.6) is 0 Å². The Morgan fingerprint density at radius 2 is 1.89 bits per heavy atom. The van der Waals surface area contributed by atoms with E-state index in [1.165, 1.54) is 0 Å². The van der Waals surface area contributed by atoms with Crippen molar-refractivity contribution in [3.8, 4) is 0 Å². The molecule has 0 saturated heterocycles. The molecule has 4 nitrogen and oxygen atoms in total. The molecular weight excluding hydrogens is 279 g/mol. The maximum absolute atomic E-state index is 12.4. The molecule has 0 unspecified atom stereocenters. The van der Waals surface area contributed by atoms with Gasteiger partial charge in [-0.3, -0.25) is 0 Å². The summed E-state index contributed by atoms with van der Waals surface area (Å²) < 4.78 is 37.1. The molecule has 19 heavy (non-hydrogen) atoms. The molecule has 1 fully saturated rings. The van der Waals surface area contributed by atoms with E-state index in [1.54, 1.807) is 0 Å². The minimum Gasteiger partial charge on any atom is -0.396 e. The van der Waals surface area contributed by atoms with Crippen LogP contribution in [0.15, 0.2) is 0 Å². The summed E-state index contributed by atoms with van der Waals surface area (Å²) in [7, 11) is 0. The zero-order valence-corrected chi connectivity index (χ0v) is 11.2. The van der Waals surface area contributed by atoms with E-state index < -0.39 is 11.2 Å². The van der Waals surface area contributed by atoms with Crippen molar-refractivity contribution in [1.29, 1.82) is 0 Å². The number of halogens is 3. The number of aromatic nitrogens is 2. The standard InChI is InChI=1S/C11H16F3N3OS/c12-11(13,14)8-16-17-9(19-8)15-6-10(7-18)4-2-1-3-5-10/h18H,1-7H2,(H,15,17). The monoisotopic (exact) mass is 295 g/mol. The molecule has 0 spiro atoms. The Morgan fingerprint density at radius 1 is 1.21 bits per heavy atom. The Morgan fingerprint density at radius 3 is 2.42 bits per heavy atom. The molecule has 1 aliphatic rings. The lowest BCUT2D eigenvalue weighted by atomic mass is 9.74. The molecule has 2 rings (SSSR count). The first kappa shape index (κ1) is 14.5. The molecule has 1 aliphatic carbocycles. The van der Waals surface area contributed by atoms with Crippen molar-refractivity contribution in [2.45, 2.75) is 38.3 Å². The summed E-state index contributed by atoms with van der Waals surface area (Å²) in [5, 5.41) is 18.2. The van der Waals surface area contributed by atoms with Gasteiger partial charge in [0.2, 0.25) is 10.1 Å². The number of aliphatic hydroxyl groups is 1. The van der Waals surface area contributed by atoms with Crippen molar-refractivity contribution in [3.05, 3.63) is 5.01 Å². The Bertz CT molecular complexity index is 416. The number of nitrogens with one attached hydrogen (secondary N) is 1. The Kier molecular flexibility index (Phi) is 4.29. The first-order valence-electron chi connectivity index (χ1n) is 6.21. The highest BCUT2D eigenvalue weighted by molar-refractivity contribution is 7.15. The largest absolute Gasteiger partial charge is 0.445 e. The third kappa shape index (κ3) is 3.56. The molecule has 0 aliphatic heterocycles. The average molecular weight is 295 g/mol. The van der Waals surface area contributed by atoms with E-state index in [9.17, 15) is 18.3 Å². The number of alkyl halides is 3. The summed E-state index contributed by atoms with van der Waals surface area (Å²) in [5.74, 6) is 0. The number of aliphatic hydroxyl groups excluding tert-OH is 1. The summed E-state index contributed by atoms with van der Waals surface area (Å²) in [6.07, 6.45) is 0.580. The fourth-order valence-corrected chi connectivity index (χ4v) is 2.97. The molecule has 1 aromatic heterocycles. The van der Waals surface area contributed by atoms with Gasteiger partial charge in [-0.05, 0) is 12.8 Å². The summed E-state index contributed by atoms with van der Waals surface area (Å²) in [6, 6.07) is 0. The molecule has 1 aromatic rings. The zero-order chi connectivity index (χ0) is 13.9. The Balaban J connectivity index is 1.96. The van der Waals surface area contributed by atoms with Crippen LogP contribution < -0.4 is 5.32 Å². The molecule has 1 saturated carbocycles. The fraction of sp³-hybridized carbons (Fsp3) is 0.818. The maximum atomic E-state index is 12.4. The van der Waals surface area contributed by atoms with Crippen molar-refractivity contribution in [1.82, 2.24) is 10.2 Å². The van der Waals surface area contributed by atoms with Crippen molar-refractivity contribution in [2.24, 2.45) is 5.41 Å². The van der Waals surface area contributed by atoms with E-state index >= 15 is 0 Å². The lowest BCUT2D eigenvalue weighted by Gasteiger charge is -2.35. The summed E-state index contributed by atoms with van der Waals surface area (Å²) in [4.78, 5) is 0. The molecule has 0 atom stereocenters. The van der Waals surface area contributed by atoms with Crippen molar-refractivity contribution in [3.63, 3.8) is 0 Å². The van der Waals surface area contributed by atoms with E-state index in [4.69, 9.17) is 0 Å². The molecule has 0 amide bonds. The highest BCUT2D eigenvalue weighted by atomic mass is 32.1. The summed E-state index contributed by atoms with van der Waals surface area (Å²) >= 11 is 0.498. The van der Waals surface area contributed by atoms with E-state index in [0.29, 0.717) is 17.9 Å². The van der Waals surface area contributed by atoms with Crippen LogP contribution in [-0.2, 0) is 6.18 Å². The van der Waals surface area contributed by atoms with E-state index in [2.05, 4.69) is 15.5 Å². The highest BCUT2D eigenvalue weighted by Gasteiger charge is 2.36. The fourth-order valence-electron chi connectivity index (χ4n) is 2.36. The normalized spacial score (nSPS) is 19.4. The molecule has 8 heteroatoms. The van der Waals surface area contributed by atoms with Crippen molar-refractivity contribution in [2.75, 3.05) is 18.5 Å². The molecule has 108 valence electrons. The van der Waals surface area contributed by atoms with Gasteiger partial charge in [0, 0.05) is 12.0 Å². The zero-order valence-electron chi connectivity index (χ0n) is 10.3. The van der Waals surface area contributed by atoms with Crippen LogP contribution >= 0.6 is 11.3 Å². The van der Waals surface area contributed by atoms with Crippen LogP contribution in [0.25, 0.3) is 0 Å². The predicted octanol–water partition coefficient (Wildman–Crippen LogP) is 2.91. The quantitative estimate of drug-likeness (QED) is 0.896. The highest BCUT2D eigenvalue weighted by Crippen LogP contribution is 2.37. The summed E-state index contributed by atoms with van der Waals surface area (Å²) in [6.45, 7) is 0.487. The van der Waals surface area contributed by atoms with Gasteiger partial charge in [-0.25, -0.2) is 0 Å². The van der Waals surface area contributed by atoms with Crippen molar-refractivity contribution < 1.29 is 18.3 Å². The van der Waals surface area contributed by atoms with Gasteiger partial charge in [-0.15, -0.1) is 10.2 Å². The van der Waals surface area contributed by atoms with Crippen LogP contribution in [0.4, 0.5) is 18.3 Å². The number of anilines is 1. The maximum Gasteiger partial charge on any atom is 0.445 e. The molecule has 0 radical (unpaired) electrons. The van der Waals surface area contributed by atoms with Gasteiger partial charge in [0.1, 0.15) is 0 Å². The second kappa shape index (κ2) is 5.62. The molecule has 0 aromatic carbocycles. The van der Waals surface area contributed by atoms with Gasteiger partial charge in [-0.2, -0.15) is 13.2 Å². The first-order valence-corrected chi connectivity index (χ1v) is 7.02. The van der Waals surface area contributed by atoms with Crippen LogP contribution in [0.3, 0.4) is 0 Å². The van der Waals surface area contributed by atoms with Gasteiger partial charge in [0.15, 0.2) is 0 Å².